The Balaban J connectivity index is 1.66. The van der Waals surface area contributed by atoms with Crippen LogP contribution in [0.4, 0.5) is 0 Å². The van der Waals surface area contributed by atoms with Gasteiger partial charge >= 0.3 is 11.9 Å². The van der Waals surface area contributed by atoms with Crippen LogP contribution in [0.25, 0.3) is 11.0 Å². The summed E-state index contributed by atoms with van der Waals surface area (Å²) in [6.45, 7) is -0.268. The van der Waals surface area contributed by atoms with Gasteiger partial charge in [0.05, 0.1) is 22.8 Å². The lowest BCUT2D eigenvalue weighted by Gasteiger charge is -2.09. The number of nitrogens with zero attached hydrogens (tertiary/aromatic N) is 1. The molecule has 0 aliphatic rings. The van der Waals surface area contributed by atoms with Crippen molar-refractivity contribution in [2.75, 3.05) is 13.7 Å². The van der Waals surface area contributed by atoms with Crippen LogP contribution in [-0.2, 0) is 9.53 Å². The summed E-state index contributed by atoms with van der Waals surface area (Å²) in [4.78, 5) is 23.3. The van der Waals surface area contributed by atoms with Gasteiger partial charge in [0.25, 0.3) is 0 Å². The zero-order chi connectivity index (χ0) is 20.1. The first kappa shape index (κ1) is 19.9. The molecule has 1 N–H and O–H groups in total. The van der Waals surface area contributed by atoms with E-state index in [1.54, 1.807) is 24.3 Å². The van der Waals surface area contributed by atoms with Gasteiger partial charge < -0.3 is 13.9 Å². The number of para-hydroxylation sites is 1. The summed E-state index contributed by atoms with van der Waals surface area (Å²) in [6, 6.07) is 12.2. The summed E-state index contributed by atoms with van der Waals surface area (Å²) in [6.07, 6.45) is 1.42. The molecule has 0 saturated carbocycles. The van der Waals surface area contributed by atoms with E-state index < -0.39 is 11.9 Å². The molecule has 0 atom stereocenters. The number of ether oxygens (including phenoxy) is 2. The van der Waals surface area contributed by atoms with E-state index in [0.29, 0.717) is 21.4 Å². The number of rotatable bonds is 6. The Bertz CT molecular complexity index is 1010. The number of esters is 1. The van der Waals surface area contributed by atoms with Gasteiger partial charge in [-0.25, -0.2) is 10.2 Å². The molecule has 28 heavy (non-hydrogen) atoms. The molecule has 3 aromatic rings. The second kappa shape index (κ2) is 8.90. The number of nitrogens with one attached hydrogen (secondary N) is 1. The molecule has 1 aromatic heterocycles. The standard InChI is InChI=1S/C19H14BrClN2O5/c1-26-17(24)10-27-18-13(20)6-11(7-14(18)21)9-22-23-19(25)16-8-12-4-2-3-5-15(12)28-16/h2-9H,10H2,1H3,(H,23,25)/b22-9-. The van der Waals surface area contributed by atoms with Crippen LogP contribution < -0.4 is 10.2 Å². The highest BCUT2D eigenvalue weighted by atomic mass is 79.9. The Morgan fingerprint density at radius 1 is 1.29 bits per heavy atom. The third kappa shape index (κ3) is 4.71. The Morgan fingerprint density at radius 2 is 2.07 bits per heavy atom. The maximum Gasteiger partial charge on any atom is 0.343 e. The second-order valence-electron chi connectivity index (χ2n) is 5.53. The van der Waals surface area contributed by atoms with Crippen molar-refractivity contribution >= 4 is 56.6 Å². The van der Waals surface area contributed by atoms with Crippen LogP contribution in [0.15, 0.2) is 56.5 Å². The number of carbonyl (C=O) groups excluding carboxylic acids is 2. The highest BCUT2D eigenvalue weighted by molar-refractivity contribution is 9.10. The summed E-state index contributed by atoms with van der Waals surface area (Å²) in [5.74, 6) is -0.544. The smallest absolute Gasteiger partial charge is 0.343 e. The van der Waals surface area contributed by atoms with E-state index in [2.05, 4.69) is 31.2 Å². The van der Waals surface area contributed by atoms with E-state index in [0.717, 1.165) is 5.39 Å². The topological polar surface area (TPSA) is 90.1 Å². The SMILES string of the molecule is COC(=O)COc1c(Cl)cc(/C=N\NC(=O)c2cc3ccccc3o2)cc1Br. The maximum atomic E-state index is 12.2. The van der Waals surface area contributed by atoms with E-state index in [1.807, 2.05) is 18.2 Å². The number of hydrogen-bond donors (Lipinski definition) is 1. The fourth-order valence-electron chi connectivity index (χ4n) is 2.30. The summed E-state index contributed by atoms with van der Waals surface area (Å²) in [5.41, 5.74) is 3.62. The van der Waals surface area contributed by atoms with Crippen molar-refractivity contribution in [2.45, 2.75) is 0 Å². The summed E-state index contributed by atoms with van der Waals surface area (Å²) >= 11 is 9.49. The molecule has 0 spiro atoms. The fourth-order valence-corrected chi connectivity index (χ4v) is 3.29. The number of halogens is 2. The quantitative estimate of drug-likeness (QED) is 0.335. The van der Waals surface area contributed by atoms with Gasteiger partial charge in [0.2, 0.25) is 0 Å². The molecular weight excluding hydrogens is 452 g/mol. The van der Waals surface area contributed by atoms with Crippen molar-refractivity contribution in [3.63, 3.8) is 0 Å². The van der Waals surface area contributed by atoms with E-state index >= 15 is 0 Å². The summed E-state index contributed by atoms with van der Waals surface area (Å²) in [5, 5.41) is 5.00. The van der Waals surface area contributed by atoms with E-state index in [-0.39, 0.29) is 17.4 Å². The number of hydrogen-bond acceptors (Lipinski definition) is 6. The van der Waals surface area contributed by atoms with Gasteiger partial charge in [-0.05, 0) is 45.8 Å². The summed E-state index contributed by atoms with van der Waals surface area (Å²) in [7, 11) is 1.27. The van der Waals surface area contributed by atoms with Crippen LogP contribution in [0.5, 0.6) is 5.75 Å². The zero-order valence-corrected chi connectivity index (χ0v) is 16.9. The molecule has 2 aromatic carbocycles. The minimum absolute atomic E-state index is 0.157. The summed E-state index contributed by atoms with van der Waals surface area (Å²) < 4.78 is 15.8. The minimum Gasteiger partial charge on any atom is -0.479 e. The first-order chi connectivity index (χ1) is 13.5. The van der Waals surface area contributed by atoms with Crippen molar-refractivity contribution in [1.82, 2.24) is 5.43 Å². The van der Waals surface area contributed by atoms with Gasteiger partial charge in [0.15, 0.2) is 18.1 Å². The molecule has 1 heterocycles. The molecule has 144 valence electrons. The fraction of sp³-hybridized carbons (Fsp3) is 0.105. The molecule has 0 unspecified atom stereocenters. The van der Waals surface area contributed by atoms with Gasteiger partial charge in [0, 0.05) is 5.39 Å². The zero-order valence-electron chi connectivity index (χ0n) is 14.6. The molecule has 0 radical (unpaired) electrons. The van der Waals surface area contributed by atoms with Crippen LogP contribution in [0.2, 0.25) is 5.02 Å². The molecular formula is C19H14BrClN2O5. The number of furan rings is 1. The Labute approximate surface area is 173 Å². The third-order valence-electron chi connectivity index (χ3n) is 3.61. The van der Waals surface area contributed by atoms with Crippen LogP contribution in [0.3, 0.4) is 0 Å². The normalized spacial score (nSPS) is 11.0. The van der Waals surface area contributed by atoms with Gasteiger partial charge in [-0.15, -0.1) is 0 Å². The van der Waals surface area contributed by atoms with Crippen molar-refractivity contribution < 1.29 is 23.5 Å². The lowest BCUT2D eigenvalue weighted by molar-refractivity contribution is -0.142. The van der Waals surface area contributed by atoms with E-state index in [4.69, 9.17) is 20.8 Å². The van der Waals surface area contributed by atoms with Crippen molar-refractivity contribution in [1.29, 1.82) is 0 Å². The molecule has 0 saturated heterocycles. The van der Waals surface area contributed by atoms with E-state index in [9.17, 15) is 9.59 Å². The molecule has 7 nitrogen and oxygen atoms in total. The lowest BCUT2D eigenvalue weighted by atomic mass is 10.2. The predicted molar refractivity (Wildman–Crippen MR) is 108 cm³/mol. The molecule has 0 bridgehead atoms. The predicted octanol–water partition coefficient (Wildman–Crippen LogP) is 4.16. The number of fused-ring (bicyclic) bond motifs is 1. The number of benzene rings is 2. The molecule has 0 aliphatic carbocycles. The number of carbonyl (C=O) groups is 2. The maximum absolute atomic E-state index is 12.2. The average molecular weight is 466 g/mol. The van der Waals surface area contributed by atoms with Crippen LogP contribution in [0, 0.1) is 0 Å². The largest absolute Gasteiger partial charge is 0.479 e. The van der Waals surface area contributed by atoms with Crippen LogP contribution in [0.1, 0.15) is 16.1 Å². The van der Waals surface area contributed by atoms with Gasteiger partial charge in [-0.1, -0.05) is 29.8 Å². The van der Waals surface area contributed by atoms with Crippen molar-refractivity contribution in [3.8, 4) is 5.75 Å². The number of amides is 1. The van der Waals surface area contributed by atoms with Gasteiger partial charge in [-0.3, -0.25) is 4.79 Å². The van der Waals surface area contributed by atoms with Gasteiger partial charge in [-0.2, -0.15) is 5.10 Å². The number of methoxy groups -OCH3 is 1. The highest BCUT2D eigenvalue weighted by Crippen LogP contribution is 2.34. The van der Waals surface area contributed by atoms with Gasteiger partial charge in [0.1, 0.15) is 5.58 Å². The Kier molecular flexibility index (Phi) is 6.33. The first-order valence-corrected chi connectivity index (χ1v) is 9.15. The first-order valence-electron chi connectivity index (χ1n) is 7.98. The van der Waals surface area contributed by atoms with Crippen molar-refractivity contribution in [3.05, 3.63) is 63.3 Å². The molecule has 1 amide bonds. The third-order valence-corrected chi connectivity index (χ3v) is 4.48. The molecule has 0 fully saturated rings. The van der Waals surface area contributed by atoms with E-state index in [1.165, 1.54) is 13.3 Å². The second-order valence-corrected chi connectivity index (χ2v) is 6.79. The van der Waals surface area contributed by atoms with Crippen LogP contribution in [-0.4, -0.2) is 31.8 Å². The Morgan fingerprint density at radius 3 is 2.79 bits per heavy atom. The molecule has 3 rings (SSSR count). The molecule has 9 heteroatoms. The lowest BCUT2D eigenvalue weighted by Crippen LogP contribution is -2.16. The number of hydrazone groups is 1. The van der Waals surface area contributed by atoms with Crippen LogP contribution >= 0.6 is 27.5 Å². The average Bonchev–Trinajstić information content (AvgIpc) is 3.11. The minimum atomic E-state index is -0.526. The Hall–Kier alpha value is -2.84. The monoisotopic (exact) mass is 464 g/mol. The highest BCUT2D eigenvalue weighted by Gasteiger charge is 2.13. The molecule has 0 aliphatic heterocycles. The van der Waals surface area contributed by atoms with Crippen molar-refractivity contribution in [2.24, 2.45) is 5.10 Å².